The van der Waals surface area contributed by atoms with E-state index in [1.807, 2.05) is 0 Å². The Labute approximate surface area is 187 Å². The second kappa shape index (κ2) is 10.6. The number of esters is 2. The van der Waals surface area contributed by atoms with E-state index in [2.05, 4.69) is 41.9 Å². The number of hydrogen-bond acceptors (Lipinski definition) is 7. The molecule has 1 aromatic rings. The monoisotopic (exact) mass is 553 g/mol. The van der Waals surface area contributed by atoms with Crippen LogP contribution in [0.25, 0.3) is 10.4 Å². The van der Waals surface area contributed by atoms with Crippen molar-refractivity contribution < 1.29 is 28.2 Å². The molecule has 2 rings (SSSR count). The molecular formula is C17H18Br2FN3O5S. The highest BCUT2D eigenvalue weighted by Crippen LogP contribution is 2.40. The zero-order chi connectivity index (χ0) is 21.7. The Kier molecular flexibility index (Phi) is 8.77. The van der Waals surface area contributed by atoms with Gasteiger partial charge in [0.15, 0.2) is 5.82 Å². The molecule has 12 heteroatoms. The van der Waals surface area contributed by atoms with Crippen LogP contribution in [-0.4, -0.2) is 42.2 Å². The van der Waals surface area contributed by atoms with Crippen molar-refractivity contribution in [3.05, 3.63) is 37.3 Å². The first-order chi connectivity index (χ1) is 13.6. The molecule has 2 unspecified atom stereocenters. The lowest BCUT2D eigenvalue weighted by atomic mass is 9.89. The largest absolute Gasteiger partial charge is 0.463 e. The fraction of sp³-hybridized carbons (Fsp3) is 0.529. The number of thioether (sulfide) groups is 1. The van der Waals surface area contributed by atoms with Crippen LogP contribution in [0.5, 0.6) is 0 Å². The topological polar surface area (TPSA) is 111 Å². The van der Waals surface area contributed by atoms with E-state index in [0.29, 0.717) is 4.90 Å². The summed E-state index contributed by atoms with van der Waals surface area (Å²) in [6.07, 6.45) is -1.48. The number of rotatable bonds is 6. The summed E-state index contributed by atoms with van der Waals surface area (Å²) in [6, 6.07) is 2.37. The second-order valence-electron chi connectivity index (χ2n) is 6.29. The molecule has 1 aliphatic heterocycles. The van der Waals surface area contributed by atoms with Crippen LogP contribution in [0.1, 0.15) is 20.8 Å². The van der Waals surface area contributed by atoms with Gasteiger partial charge in [-0.25, -0.2) is 4.39 Å². The van der Waals surface area contributed by atoms with Gasteiger partial charge in [0, 0.05) is 23.7 Å². The Morgan fingerprint density at radius 3 is 2.45 bits per heavy atom. The summed E-state index contributed by atoms with van der Waals surface area (Å²) in [5.74, 6) is -1.88. The van der Waals surface area contributed by atoms with Gasteiger partial charge in [-0.1, -0.05) is 23.8 Å². The van der Waals surface area contributed by atoms with E-state index in [1.165, 1.54) is 25.6 Å². The first-order valence-electron chi connectivity index (χ1n) is 8.45. The van der Waals surface area contributed by atoms with Gasteiger partial charge in [0.1, 0.15) is 18.1 Å². The zero-order valence-electron chi connectivity index (χ0n) is 15.7. The molecule has 0 saturated carbocycles. The number of carbonyl (C=O) groups excluding carboxylic acids is 2. The molecule has 0 radical (unpaired) electrons. The predicted molar refractivity (Wildman–Crippen MR) is 111 cm³/mol. The van der Waals surface area contributed by atoms with E-state index >= 15 is 0 Å². The highest BCUT2D eigenvalue weighted by atomic mass is 79.9. The first-order valence-corrected chi connectivity index (χ1v) is 10.9. The van der Waals surface area contributed by atoms with E-state index in [1.54, 1.807) is 19.1 Å². The molecule has 0 amide bonds. The summed E-state index contributed by atoms with van der Waals surface area (Å²) < 4.78 is 30.9. The van der Waals surface area contributed by atoms with Gasteiger partial charge < -0.3 is 14.2 Å². The lowest BCUT2D eigenvalue weighted by Crippen LogP contribution is -2.54. The van der Waals surface area contributed by atoms with Gasteiger partial charge in [-0.15, -0.1) is 0 Å². The van der Waals surface area contributed by atoms with Crippen LogP contribution in [0.3, 0.4) is 0 Å². The molecule has 1 heterocycles. The van der Waals surface area contributed by atoms with Gasteiger partial charge in [-0.2, -0.15) is 0 Å². The maximum absolute atomic E-state index is 13.9. The minimum Gasteiger partial charge on any atom is -0.463 e. The van der Waals surface area contributed by atoms with Gasteiger partial charge in [0.25, 0.3) is 0 Å². The SMILES string of the molecule is CC(=O)OCC1O[C@H](Sc2cc(Br)c(F)c(Br)c2)[C@@H](OC(C)=O)C(N=[N+]=[N-])[C@H]1C. The predicted octanol–water partition coefficient (Wildman–Crippen LogP) is 4.98. The number of benzene rings is 1. The summed E-state index contributed by atoms with van der Waals surface area (Å²) in [5.41, 5.74) is 8.22. The van der Waals surface area contributed by atoms with Crippen LogP contribution >= 0.6 is 43.6 Å². The smallest absolute Gasteiger partial charge is 0.303 e. The molecule has 0 N–H and O–H groups in total. The summed E-state index contributed by atoms with van der Waals surface area (Å²) in [5, 5.41) is 3.81. The van der Waals surface area contributed by atoms with Crippen molar-refractivity contribution in [2.24, 2.45) is 11.0 Å². The standard InChI is InChI=1S/C17H18Br2FN3O5S/c1-7-13(6-26-8(2)24)28-17(16(27-9(3)25)15(7)22-23-21)29-10-4-11(18)14(20)12(19)5-10/h4-5,7,13,15-17H,6H2,1-3H3/t7-,13?,15?,16-,17+/m0/s1. The van der Waals surface area contributed by atoms with Crippen molar-refractivity contribution >= 4 is 55.6 Å². The van der Waals surface area contributed by atoms with Gasteiger partial charge in [-0.3, -0.25) is 9.59 Å². The Balaban J connectivity index is 2.38. The van der Waals surface area contributed by atoms with E-state index in [0.717, 1.165) is 0 Å². The third kappa shape index (κ3) is 6.32. The van der Waals surface area contributed by atoms with E-state index in [9.17, 15) is 14.0 Å². The third-order valence-electron chi connectivity index (χ3n) is 4.19. The van der Waals surface area contributed by atoms with Crippen molar-refractivity contribution in [3.8, 4) is 0 Å². The lowest BCUT2D eigenvalue weighted by molar-refractivity contribution is -0.176. The van der Waals surface area contributed by atoms with Crippen molar-refractivity contribution in [2.75, 3.05) is 6.61 Å². The molecule has 158 valence electrons. The van der Waals surface area contributed by atoms with E-state index < -0.39 is 47.4 Å². The number of halogens is 3. The molecule has 0 aliphatic carbocycles. The molecule has 0 spiro atoms. The number of carbonyl (C=O) groups is 2. The van der Waals surface area contributed by atoms with Gasteiger partial charge in [0.05, 0.1) is 21.1 Å². The lowest BCUT2D eigenvalue weighted by Gasteiger charge is -2.43. The van der Waals surface area contributed by atoms with Crippen LogP contribution in [0.4, 0.5) is 4.39 Å². The maximum Gasteiger partial charge on any atom is 0.303 e. The highest BCUT2D eigenvalue weighted by Gasteiger charge is 2.46. The highest BCUT2D eigenvalue weighted by molar-refractivity contribution is 9.11. The molecule has 1 aromatic carbocycles. The summed E-state index contributed by atoms with van der Waals surface area (Å²) in [4.78, 5) is 26.4. The third-order valence-corrected chi connectivity index (χ3v) is 6.46. The Bertz CT molecular complexity index is 816. The number of nitrogens with zero attached hydrogens (tertiary/aromatic N) is 3. The van der Waals surface area contributed by atoms with E-state index in [-0.39, 0.29) is 15.6 Å². The Hall–Kier alpha value is -1.33. The normalized spacial score (nSPS) is 26.3. The van der Waals surface area contributed by atoms with Crippen LogP contribution in [0.15, 0.2) is 31.1 Å². The molecular weight excluding hydrogens is 537 g/mol. The van der Waals surface area contributed by atoms with Gasteiger partial charge in [0.2, 0.25) is 0 Å². The van der Waals surface area contributed by atoms with Crippen LogP contribution in [-0.2, 0) is 23.8 Å². The van der Waals surface area contributed by atoms with Crippen LogP contribution in [0.2, 0.25) is 0 Å². The minimum atomic E-state index is -0.889. The van der Waals surface area contributed by atoms with Crippen molar-refractivity contribution in [2.45, 2.75) is 49.4 Å². The molecule has 29 heavy (non-hydrogen) atoms. The van der Waals surface area contributed by atoms with Crippen molar-refractivity contribution in [3.63, 3.8) is 0 Å². The summed E-state index contributed by atoms with van der Waals surface area (Å²) in [6.45, 7) is 4.24. The second-order valence-corrected chi connectivity index (χ2v) is 9.17. The van der Waals surface area contributed by atoms with E-state index in [4.69, 9.17) is 19.7 Å². The summed E-state index contributed by atoms with van der Waals surface area (Å²) in [7, 11) is 0. The molecule has 8 nitrogen and oxygen atoms in total. The van der Waals surface area contributed by atoms with Crippen LogP contribution < -0.4 is 0 Å². The maximum atomic E-state index is 13.9. The number of hydrogen-bond donors (Lipinski definition) is 0. The quantitative estimate of drug-likeness (QED) is 0.161. The average Bonchev–Trinajstić information content (AvgIpc) is 2.63. The van der Waals surface area contributed by atoms with Crippen molar-refractivity contribution in [1.29, 1.82) is 0 Å². The fourth-order valence-corrected chi connectivity index (χ4v) is 5.50. The molecule has 1 fully saturated rings. The van der Waals surface area contributed by atoms with Crippen molar-refractivity contribution in [1.82, 2.24) is 0 Å². The van der Waals surface area contributed by atoms with Crippen LogP contribution in [0, 0.1) is 11.7 Å². The number of ether oxygens (including phenoxy) is 3. The molecule has 5 atom stereocenters. The average molecular weight is 555 g/mol. The van der Waals surface area contributed by atoms with Gasteiger partial charge >= 0.3 is 11.9 Å². The zero-order valence-corrected chi connectivity index (χ0v) is 19.7. The molecule has 1 saturated heterocycles. The number of azide groups is 1. The van der Waals surface area contributed by atoms with Gasteiger partial charge in [-0.05, 0) is 55.4 Å². The Morgan fingerprint density at radius 2 is 1.93 bits per heavy atom. The minimum absolute atomic E-state index is 0.0470. The molecule has 0 bridgehead atoms. The summed E-state index contributed by atoms with van der Waals surface area (Å²) >= 11 is 7.47. The fourth-order valence-electron chi connectivity index (χ4n) is 2.82. The Morgan fingerprint density at radius 1 is 1.31 bits per heavy atom. The first kappa shape index (κ1) is 23.9. The molecule has 1 aliphatic rings. The molecule has 0 aromatic heterocycles.